The van der Waals surface area contributed by atoms with Crippen molar-refractivity contribution in [2.24, 2.45) is 0 Å². The number of carbonyl (C=O) groups excluding carboxylic acids is 1. The van der Waals surface area contributed by atoms with Gasteiger partial charge in [0.25, 0.3) is 15.9 Å². The summed E-state index contributed by atoms with van der Waals surface area (Å²) >= 11 is 0. The Morgan fingerprint density at radius 1 is 1.16 bits per heavy atom. The lowest BCUT2D eigenvalue weighted by molar-refractivity contribution is 0.0873. The van der Waals surface area contributed by atoms with E-state index < -0.39 is 15.9 Å². The second-order valence-electron chi connectivity index (χ2n) is 5.33. The molecule has 0 unspecified atom stereocenters. The third kappa shape index (κ3) is 2.90. The zero-order valence-electron chi connectivity index (χ0n) is 13.4. The molecule has 0 radical (unpaired) electrons. The van der Waals surface area contributed by atoms with Gasteiger partial charge in [-0.25, -0.2) is 12.7 Å². The summed E-state index contributed by atoms with van der Waals surface area (Å²) in [5, 5.41) is 9.34. The molecule has 1 aliphatic heterocycles. The van der Waals surface area contributed by atoms with Crippen molar-refractivity contribution >= 4 is 21.6 Å². The Balaban J connectivity index is 1.79. The van der Waals surface area contributed by atoms with Crippen LogP contribution < -0.4 is 9.64 Å². The Morgan fingerprint density at radius 2 is 1.84 bits per heavy atom. The maximum absolute atomic E-state index is 12.5. The van der Waals surface area contributed by atoms with Crippen molar-refractivity contribution in [1.29, 1.82) is 5.26 Å². The molecular weight excluding hydrogens is 342 g/mol. The first-order valence-electron chi connectivity index (χ1n) is 7.46. The molecule has 2 aromatic carbocycles. The minimum atomic E-state index is -3.86. The highest BCUT2D eigenvalue weighted by Gasteiger charge is 2.40. The van der Waals surface area contributed by atoms with Gasteiger partial charge in [0.1, 0.15) is 10.6 Å². The zero-order chi connectivity index (χ0) is 18.0. The number of carbonyl (C=O) groups is 1. The van der Waals surface area contributed by atoms with Crippen LogP contribution in [0.5, 0.6) is 5.75 Å². The van der Waals surface area contributed by atoms with Crippen molar-refractivity contribution in [3.63, 3.8) is 0 Å². The molecule has 0 N–H and O–H groups in total. The Bertz CT molecular complexity index is 949. The van der Waals surface area contributed by atoms with E-state index in [-0.39, 0.29) is 23.5 Å². The summed E-state index contributed by atoms with van der Waals surface area (Å²) in [5.41, 5.74) is 0.750. The van der Waals surface area contributed by atoms with Gasteiger partial charge in [-0.15, -0.1) is 0 Å². The fourth-order valence-corrected chi connectivity index (χ4v) is 4.20. The normalized spacial score (nSPS) is 14.7. The number of nitriles is 1. The highest BCUT2D eigenvalue weighted by Crippen LogP contribution is 2.29. The van der Waals surface area contributed by atoms with Gasteiger partial charge in [0.2, 0.25) is 0 Å². The van der Waals surface area contributed by atoms with Crippen molar-refractivity contribution in [2.45, 2.75) is 4.90 Å². The smallest absolute Gasteiger partial charge is 0.269 e. The lowest BCUT2D eigenvalue weighted by atomic mass is 10.2. The largest absolute Gasteiger partial charge is 0.497 e. The maximum atomic E-state index is 12.5. The van der Waals surface area contributed by atoms with E-state index in [0.717, 1.165) is 4.31 Å². The molecule has 8 heteroatoms. The van der Waals surface area contributed by atoms with Crippen molar-refractivity contribution in [2.75, 3.05) is 25.1 Å². The summed E-state index contributed by atoms with van der Waals surface area (Å²) in [6.07, 6.45) is 2.00. The van der Waals surface area contributed by atoms with Crippen LogP contribution in [-0.2, 0) is 10.0 Å². The van der Waals surface area contributed by atoms with Crippen LogP contribution in [0.1, 0.15) is 10.4 Å². The number of anilines is 1. The molecule has 0 bridgehead atoms. The molecule has 0 saturated heterocycles. The van der Waals surface area contributed by atoms with Gasteiger partial charge in [-0.05, 0) is 36.4 Å². The molecule has 128 valence electrons. The predicted molar refractivity (Wildman–Crippen MR) is 90.6 cm³/mol. The average molecular weight is 357 g/mol. The van der Waals surface area contributed by atoms with E-state index >= 15 is 0 Å². The van der Waals surface area contributed by atoms with Crippen molar-refractivity contribution in [3.8, 4) is 11.9 Å². The SMILES string of the molecule is COc1ccc(N(C#N)CCN2C(=O)c3ccccc3S2(=O)=O)cc1. The molecule has 0 spiro atoms. The Labute approximate surface area is 145 Å². The molecule has 1 heterocycles. The average Bonchev–Trinajstić information content (AvgIpc) is 2.83. The highest BCUT2D eigenvalue weighted by atomic mass is 32.2. The molecule has 3 rings (SSSR count). The topological polar surface area (TPSA) is 90.7 Å². The zero-order valence-corrected chi connectivity index (χ0v) is 14.2. The van der Waals surface area contributed by atoms with Gasteiger partial charge in [-0.2, -0.15) is 5.26 Å². The number of methoxy groups -OCH3 is 1. The van der Waals surface area contributed by atoms with Crippen LogP contribution in [0, 0.1) is 11.5 Å². The summed E-state index contributed by atoms with van der Waals surface area (Å²) < 4.78 is 30.9. The third-order valence-corrected chi connectivity index (χ3v) is 5.78. The molecule has 7 nitrogen and oxygen atoms in total. The Morgan fingerprint density at radius 3 is 2.44 bits per heavy atom. The first-order chi connectivity index (χ1) is 12.0. The minimum absolute atomic E-state index is 0.00737. The van der Waals surface area contributed by atoms with Crippen LogP contribution in [0.4, 0.5) is 5.69 Å². The second-order valence-corrected chi connectivity index (χ2v) is 7.16. The molecule has 0 saturated carbocycles. The molecular formula is C17H15N3O4S. The molecule has 0 aromatic heterocycles. The number of benzene rings is 2. The molecule has 25 heavy (non-hydrogen) atoms. The maximum Gasteiger partial charge on any atom is 0.269 e. The Kier molecular flexibility index (Phi) is 4.33. The minimum Gasteiger partial charge on any atom is -0.497 e. The summed E-state index contributed by atoms with van der Waals surface area (Å²) in [7, 11) is -2.32. The molecule has 1 aliphatic rings. The number of nitrogens with zero attached hydrogens (tertiary/aromatic N) is 3. The van der Waals surface area contributed by atoms with Crippen LogP contribution in [0.25, 0.3) is 0 Å². The van der Waals surface area contributed by atoms with Gasteiger partial charge >= 0.3 is 0 Å². The van der Waals surface area contributed by atoms with E-state index in [1.165, 1.54) is 17.0 Å². The van der Waals surface area contributed by atoms with E-state index in [1.54, 1.807) is 43.5 Å². The number of fused-ring (bicyclic) bond motifs is 1. The fourth-order valence-electron chi connectivity index (χ4n) is 2.64. The van der Waals surface area contributed by atoms with Crippen molar-refractivity contribution < 1.29 is 17.9 Å². The van der Waals surface area contributed by atoms with Gasteiger partial charge in [0.15, 0.2) is 6.19 Å². The van der Waals surface area contributed by atoms with Gasteiger partial charge in [0, 0.05) is 0 Å². The first kappa shape index (κ1) is 16.8. The van der Waals surface area contributed by atoms with E-state index in [0.29, 0.717) is 11.4 Å². The van der Waals surface area contributed by atoms with E-state index in [4.69, 9.17) is 4.74 Å². The van der Waals surface area contributed by atoms with Gasteiger partial charge < -0.3 is 4.74 Å². The number of ether oxygens (including phenoxy) is 1. The monoisotopic (exact) mass is 357 g/mol. The summed E-state index contributed by atoms with van der Waals surface area (Å²) in [6, 6.07) is 12.9. The summed E-state index contributed by atoms with van der Waals surface area (Å²) in [6.45, 7) is -0.0583. The Hall–Kier alpha value is -3.05. The van der Waals surface area contributed by atoms with Crippen molar-refractivity contribution in [3.05, 3.63) is 54.1 Å². The standard InChI is InChI=1S/C17H15N3O4S/c1-24-14-8-6-13(7-9-14)19(12-18)10-11-20-17(21)15-4-2-3-5-16(15)25(20,22)23/h2-9H,10-11H2,1H3. The molecule has 0 atom stereocenters. The summed E-state index contributed by atoms with van der Waals surface area (Å²) in [5.74, 6) is 0.0811. The van der Waals surface area contributed by atoms with Crippen LogP contribution in [0.2, 0.25) is 0 Å². The molecule has 0 aliphatic carbocycles. The van der Waals surface area contributed by atoms with Crippen LogP contribution in [0.15, 0.2) is 53.4 Å². The lowest BCUT2D eigenvalue weighted by Crippen LogP contribution is -2.37. The van der Waals surface area contributed by atoms with Crippen LogP contribution in [0.3, 0.4) is 0 Å². The van der Waals surface area contributed by atoms with Gasteiger partial charge in [-0.1, -0.05) is 12.1 Å². The fraction of sp³-hybridized carbons (Fsp3) is 0.176. The van der Waals surface area contributed by atoms with E-state index in [9.17, 15) is 18.5 Å². The second kappa shape index (κ2) is 6.45. The number of hydrogen-bond donors (Lipinski definition) is 0. The van der Waals surface area contributed by atoms with Crippen LogP contribution in [-0.4, -0.2) is 38.8 Å². The van der Waals surface area contributed by atoms with E-state index in [2.05, 4.69) is 0 Å². The number of hydrogen-bond acceptors (Lipinski definition) is 6. The van der Waals surface area contributed by atoms with Crippen molar-refractivity contribution in [1.82, 2.24) is 4.31 Å². The number of rotatable bonds is 5. The van der Waals surface area contributed by atoms with Gasteiger partial charge in [0.05, 0.1) is 31.5 Å². The molecule has 2 aromatic rings. The van der Waals surface area contributed by atoms with E-state index in [1.807, 2.05) is 6.19 Å². The number of amides is 1. The van der Waals surface area contributed by atoms with Crippen LogP contribution >= 0.6 is 0 Å². The lowest BCUT2D eigenvalue weighted by Gasteiger charge is -2.20. The molecule has 1 amide bonds. The quantitative estimate of drug-likeness (QED) is 0.599. The molecule has 0 fully saturated rings. The summed E-state index contributed by atoms with van der Waals surface area (Å²) in [4.78, 5) is 13.7. The van der Waals surface area contributed by atoms with Gasteiger partial charge in [-0.3, -0.25) is 9.69 Å². The highest BCUT2D eigenvalue weighted by molar-refractivity contribution is 7.90. The third-order valence-electron chi connectivity index (χ3n) is 3.94. The number of sulfonamides is 1. The first-order valence-corrected chi connectivity index (χ1v) is 8.90. The predicted octanol–water partition coefficient (Wildman–Crippen LogP) is 1.83.